The fraction of sp³-hybridized carbons (Fsp3) is 0.200. The van der Waals surface area contributed by atoms with Crippen LogP contribution in [0.25, 0.3) is 10.9 Å². The third kappa shape index (κ3) is 0.878. The van der Waals surface area contributed by atoms with Crippen LogP contribution in [0, 0.1) is 0 Å². The van der Waals surface area contributed by atoms with E-state index in [0.717, 1.165) is 22.4 Å². The van der Waals surface area contributed by atoms with Crippen LogP contribution in [0.15, 0.2) is 24.4 Å². The van der Waals surface area contributed by atoms with Gasteiger partial charge in [-0.1, -0.05) is 0 Å². The van der Waals surface area contributed by atoms with Crippen molar-refractivity contribution in [3.63, 3.8) is 0 Å². The maximum absolute atomic E-state index is 5.73. The molecule has 0 amide bonds. The van der Waals surface area contributed by atoms with Gasteiger partial charge in [-0.15, -0.1) is 0 Å². The molecule has 1 aromatic heterocycles. The summed E-state index contributed by atoms with van der Waals surface area (Å²) in [5, 5.41) is 1.00. The minimum atomic E-state index is 0.599. The normalized spacial score (nSPS) is 14.6. The minimum absolute atomic E-state index is 0.599. The quantitative estimate of drug-likeness (QED) is 0.633. The molecule has 14 heavy (non-hydrogen) atoms. The van der Waals surface area contributed by atoms with E-state index in [4.69, 9.17) is 15.3 Å². The first-order chi connectivity index (χ1) is 6.86. The second-order valence-corrected chi connectivity index (χ2v) is 3.25. The summed E-state index contributed by atoms with van der Waals surface area (Å²) in [4.78, 5) is 0. The summed E-state index contributed by atoms with van der Waals surface area (Å²) in [6.07, 6.45) is 1.81. The molecule has 4 nitrogen and oxygen atoms in total. The van der Waals surface area contributed by atoms with Crippen LogP contribution < -0.4 is 15.3 Å². The average Bonchev–Trinajstić information content (AvgIpc) is 2.61. The molecule has 1 aliphatic heterocycles. The molecule has 2 aromatic rings. The molecule has 1 aliphatic rings. The van der Waals surface area contributed by atoms with Crippen molar-refractivity contribution in [1.29, 1.82) is 0 Å². The highest BCUT2D eigenvalue weighted by molar-refractivity contribution is 5.89. The highest BCUT2D eigenvalue weighted by Gasteiger charge is 2.15. The Morgan fingerprint density at radius 3 is 2.93 bits per heavy atom. The molecule has 4 heteroatoms. The van der Waals surface area contributed by atoms with Gasteiger partial charge >= 0.3 is 0 Å². The Hall–Kier alpha value is -1.84. The van der Waals surface area contributed by atoms with Gasteiger partial charge in [0.25, 0.3) is 0 Å². The molecule has 0 aliphatic carbocycles. The van der Waals surface area contributed by atoms with Crippen LogP contribution in [0.1, 0.15) is 0 Å². The lowest BCUT2D eigenvalue weighted by Gasteiger charge is -2.18. The zero-order valence-electron chi connectivity index (χ0n) is 7.56. The fourth-order valence-electron chi connectivity index (χ4n) is 1.75. The summed E-state index contributed by atoms with van der Waals surface area (Å²) in [5.41, 5.74) is 0.953. The molecule has 2 heterocycles. The standard InChI is InChI=1S/C10H10N2O2/c11-12-4-3-7-8(12)1-2-9-10(7)14-6-5-13-9/h1-4H,5-6,11H2. The smallest absolute Gasteiger partial charge is 0.170 e. The van der Waals surface area contributed by atoms with Crippen molar-refractivity contribution in [3.05, 3.63) is 24.4 Å². The van der Waals surface area contributed by atoms with Gasteiger partial charge in [0.15, 0.2) is 11.5 Å². The Bertz CT molecular complexity index is 490. The lowest BCUT2D eigenvalue weighted by molar-refractivity contribution is 0.174. The van der Waals surface area contributed by atoms with E-state index in [1.807, 2.05) is 24.4 Å². The number of nitrogen functional groups attached to an aromatic ring is 1. The maximum atomic E-state index is 5.73. The van der Waals surface area contributed by atoms with Gasteiger partial charge in [-0.05, 0) is 18.2 Å². The predicted molar refractivity (Wildman–Crippen MR) is 53.1 cm³/mol. The van der Waals surface area contributed by atoms with Crippen LogP contribution in [0.4, 0.5) is 0 Å². The number of ether oxygens (including phenoxy) is 2. The summed E-state index contributed by atoms with van der Waals surface area (Å²) in [6.45, 7) is 1.21. The van der Waals surface area contributed by atoms with Gasteiger partial charge in [-0.3, -0.25) is 4.68 Å². The van der Waals surface area contributed by atoms with Gasteiger partial charge in [0.2, 0.25) is 0 Å². The number of nitrogens with two attached hydrogens (primary N) is 1. The van der Waals surface area contributed by atoms with Gasteiger partial charge < -0.3 is 15.3 Å². The number of hydrogen-bond acceptors (Lipinski definition) is 3. The first kappa shape index (κ1) is 7.55. The van der Waals surface area contributed by atoms with Crippen molar-refractivity contribution in [3.8, 4) is 11.5 Å². The zero-order chi connectivity index (χ0) is 9.54. The molecule has 0 atom stereocenters. The number of nitrogens with zero attached hydrogens (tertiary/aromatic N) is 1. The molecule has 3 rings (SSSR count). The minimum Gasteiger partial charge on any atom is -0.486 e. The molecular formula is C10H10N2O2. The van der Waals surface area contributed by atoms with Gasteiger partial charge in [-0.25, -0.2) is 0 Å². The van der Waals surface area contributed by atoms with E-state index in [0.29, 0.717) is 13.2 Å². The van der Waals surface area contributed by atoms with Crippen molar-refractivity contribution >= 4 is 10.9 Å². The lowest BCUT2D eigenvalue weighted by Crippen LogP contribution is -2.15. The Morgan fingerprint density at radius 1 is 1.14 bits per heavy atom. The van der Waals surface area contributed by atoms with Crippen LogP contribution in [0.5, 0.6) is 11.5 Å². The van der Waals surface area contributed by atoms with Crippen LogP contribution >= 0.6 is 0 Å². The Balaban J connectivity index is 2.35. The first-order valence-corrected chi connectivity index (χ1v) is 4.51. The van der Waals surface area contributed by atoms with E-state index in [1.54, 1.807) is 4.68 Å². The molecule has 0 bridgehead atoms. The molecule has 1 aromatic carbocycles. The predicted octanol–water partition coefficient (Wildman–Crippen LogP) is 1.13. The number of aromatic nitrogens is 1. The van der Waals surface area contributed by atoms with Crippen LogP contribution in [-0.4, -0.2) is 17.9 Å². The summed E-state index contributed by atoms with van der Waals surface area (Å²) in [6, 6.07) is 5.76. The third-order valence-corrected chi connectivity index (χ3v) is 2.40. The van der Waals surface area contributed by atoms with E-state index in [2.05, 4.69) is 0 Å². The number of hydrogen-bond donors (Lipinski definition) is 1. The van der Waals surface area contributed by atoms with Crippen molar-refractivity contribution in [1.82, 2.24) is 4.68 Å². The van der Waals surface area contributed by atoms with Crippen molar-refractivity contribution in [2.45, 2.75) is 0 Å². The van der Waals surface area contributed by atoms with Gasteiger partial charge in [0.1, 0.15) is 13.2 Å². The molecule has 0 saturated heterocycles. The first-order valence-electron chi connectivity index (χ1n) is 4.51. The Labute approximate surface area is 80.8 Å². The van der Waals surface area contributed by atoms with Crippen molar-refractivity contribution < 1.29 is 9.47 Å². The van der Waals surface area contributed by atoms with Gasteiger partial charge in [0.05, 0.1) is 5.52 Å². The number of rotatable bonds is 0. The van der Waals surface area contributed by atoms with E-state index in [9.17, 15) is 0 Å². The van der Waals surface area contributed by atoms with E-state index in [1.165, 1.54) is 0 Å². The Kier molecular flexibility index (Phi) is 1.39. The van der Waals surface area contributed by atoms with Crippen LogP contribution in [0.3, 0.4) is 0 Å². The van der Waals surface area contributed by atoms with Crippen LogP contribution in [0.2, 0.25) is 0 Å². The van der Waals surface area contributed by atoms with Gasteiger partial charge in [-0.2, -0.15) is 0 Å². The monoisotopic (exact) mass is 190 g/mol. The topological polar surface area (TPSA) is 49.4 Å². The van der Waals surface area contributed by atoms with Crippen LogP contribution in [-0.2, 0) is 0 Å². The molecule has 0 radical (unpaired) electrons. The number of benzene rings is 1. The molecule has 2 N–H and O–H groups in total. The van der Waals surface area contributed by atoms with Crippen molar-refractivity contribution in [2.75, 3.05) is 19.1 Å². The molecule has 0 fully saturated rings. The molecule has 0 unspecified atom stereocenters. The second-order valence-electron chi connectivity index (χ2n) is 3.25. The maximum Gasteiger partial charge on any atom is 0.170 e. The molecule has 0 saturated carbocycles. The zero-order valence-corrected chi connectivity index (χ0v) is 7.56. The number of fused-ring (bicyclic) bond motifs is 3. The fourth-order valence-corrected chi connectivity index (χ4v) is 1.75. The molecular weight excluding hydrogens is 180 g/mol. The average molecular weight is 190 g/mol. The highest BCUT2D eigenvalue weighted by Crippen LogP contribution is 2.37. The molecule has 0 spiro atoms. The highest BCUT2D eigenvalue weighted by atomic mass is 16.6. The summed E-state index contributed by atoms with van der Waals surface area (Å²) < 4.78 is 12.6. The molecule has 72 valence electrons. The summed E-state index contributed by atoms with van der Waals surface area (Å²) in [7, 11) is 0. The largest absolute Gasteiger partial charge is 0.486 e. The SMILES string of the molecule is Nn1ccc2c3c(ccc21)OCCO3. The Morgan fingerprint density at radius 2 is 2.00 bits per heavy atom. The van der Waals surface area contributed by atoms with E-state index < -0.39 is 0 Å². The van der Waals surface area contributed by atoms with Crippen molar-refractivity contribution in [2.24, 2.45) is 0 Å². The lowest BCUT2D eigenvalue weighted by atomic mass is 10.2. The second kappa shape index (κ2) is 2.57. The van der Waals surface area contributed by atoms with E-state index in [-0.39, 0.29) is 0 Å². The third-order valence-electron chi connectivity index (χ3n) is 2.40. The van der Waals surface area contributed by atoms with Gasteiger partial charge in [0, 0.05) is 11.6 Å². The summed E-state index contributed by atoms with van der Waals surface area (Å²) >= 11 is 0. The van der Waals surface area contributed by atoms with E-state index >= 15 is 0 Å². The summed E-state index contributed by atoms with van der Waals surface area (Å²) in [5.74, 6) is 7.33.